The number of rotatable bonds is 6. The van der Waals surface area contributed by atoms with Gasteiger partial charge < -0.3 is 4.90 Å². The predicted octanol–water partition coefficient (Wildman–Crippen LogP) is 6.10. The average Bonchev–Trinajstić information content (AvgIpc) is 3.21. The van der Waals surface area contributed by atoms with Crippen LogP contribution in [0.2, 0.25) is 0 Å². The molecule has 0 saturated heterocycles. The highest BCUT2D eigenvalue weighted by Crippen LogP contribution is 2.41. The lowest BCUT2D eigenvalue weighted by Gasteiger charge is -2.29. The lowest BCUT2D eigenvalue weighted by atomic mass is 9.75. The number of nitro groups is 1. The molecule has 0 saturated carbocycles. The van der Waals surface area contributed by atoms with Gasteiger partial charge in [0.05, 0.1) is 21.7 Å². The van der Waals surface area contributed by atoms with Crippen LogP contribution in [0.15, 0.2) is 42.5 Å². The van der Waals surface area contributed by atoms with Gasteiger partial charge in [-0.1, -0.05) is 32.9 Å². The third-order valence-electron chi connectivity index (χ3n) is 6.58. The van der Waals surface area contributed by atoms with Gasteiger partial charge in [-0.15, -0.1) is 0 Å². The van der Waals surface area contributed by atoms with E-state index >= 15 is 0 Å². The van der Waals surface area contributed by atoms with E-state index in [4.69, 9.17) is 0 Å². The second-order valence-corrected chi connectivity index (χ2v) is 10.3. The van der Waals surface area contributed by atoms with E-state index in [1.807, 2.05) is 20.8 Å². The molecule has 1 heterocycles. The standard InChI is InChI=1S/C27H27F3N4O4/c1-5-12-32(4)25(36)17-8-11-19(20(13-17)34(37)38)33-21-14-26(2,3)15-22(35)23(21)24(31-33)16-6-9-18(10-7-16)27(28,29)30/h6-11,13H,5,12,14-15H2,1-4H3. The Morgan fingerprint density at radius 2 is 1.82 bits per heavy atom. The Kier molecular flexibility index (Phi) is 6.90. The topological polar surface area (TPSA) is 98.3 Å². The Balaban J connectivity index is 1.91. The van der Waals surface area contributed by atoms with Gasteiger partial charge in [0.25, 0.3) is 11.6 Å². The van der Waals surface area contributed by atoms with Crippen molar-refractivity contribution in [1.29, 1.82) is 0 Å². The molecule has 0 aliphatic heterocycles. The van der Waals surface area contributed by atoms with Crippen molar-refractivity contribution in [2.75, 3.05) is 13.6 Å². The number of carbonyl (C=O) groups excluding carboxylic acids is 2. The molecule has 0 fully saturated rings. The monoisotopic (exact) mass is 528 g/mol. The van der Waals surface area contributed by atoms with Crippen molar-refractivity contribution in [3.05, 3.63) is 75.0 Å². The van der Waals surface area contributed by atoms with E-state index in [1.165, 1.54) is 39.9 Å². The number of hydrogen-bond donors (Lipinski definition) is 0. The third-order valence-corrected chi connectivity index (χ3v) is 6.58. The summed E-state index contributed by atoms with van der Waals surface area (Å²) in [6, 6.07) is 8.37. The summed E-state index contributed by atoms with van der Waals surface area (Å²) >= 11 is 0. The molecule has 4 rings (SSSR count). The van der Waals surface area contributed by atoms with Crippen molar-refractivity contribution in [3.8, 4) is 16.9 Å². The van der Waals surface area contributed by atoms with E-state index in [9.17, 15) is 32.9 Å². The van der Waals surface area contributed by atoms with Crippen molar-refractivity contribution in [2.45, 2.75) is 46.2 Å². The molecule has 0 N–H and O–H groups in total. The summed E-state index contributed by atoms with van der Waals surface area (Å²) in [5.74, 6) is -0.612. The van der Waals surface area contributed by atoms with Crippen LogP contribution in [0, 0.1) is 15.5 Å². The van der Waals surface area contributed by atoms with Gasteiger partial charge in [-0.25, -0.2) is 4.68 Å². The Labute approximate surface area is 217 Å². The maximum absolute atomic E-state index is 13.2. The number of hydrogen-bond acceptors (Lipinski definition) is 5. The number of benzene rings is 2. The first-order chi connectivity index (χ1) is 17.7. The molecule has 200 valence electrons. The number of Topliss-reactive ketones (excluding diaryl/α,β-unsaturated/α-hetero) is 1. The number of fused-ring (bicyclic) bond motifs is 1. The first-order valence-corrected chi connectivity index (χ1v) is 12.1. The highest BCUT2D eigenvalue weighted by Gasteiger charge is 2.38. The van der Waals surface area contributed by atoms with Crippen LogP contribution >= 0.6 is 0 Å². The van der Waals surface area contributed by atoms with Crippen LogP contribution in [-0.4, -0.2) is 44.9 Å². The Bertz CT molecular complexity index is 1430. The molecule has 8 nitrogen and oxygen atoms in total. The summed E-state index contributed by atoms with van der Waals surface area (Å²) in [7, 11) is 1.61. The molecule has 1 aliphatic rings. The number of nitrogens with zero attached hydrogens (tertiary/aromatic N) is 4. The van der Waals surface area contributed by atoms with E-state index < -0.39 is 22.1 Å². The molecule has 0 spiro atoms. The molecule has 11 heteroatoms. The van der Waals surface area contributed by atoms with E-state index in [0.717, 1.165) is 18.6 Å². The number of carbonyl (C=O) groups is 2. The van der Waals surface area contributed by atoms with Gasteiger partial charge in [0.2, 0.25) is 0 Å². The smallest absolute Gasteiger partial charge is 0.342 e. The Morgan fingerprint density at radius 3 is 2.39 bits per heavy atom. The van der Waals surface area contributed by atoms with Gasteiger partial charge in [0.1, 0.15) is 11.4 Å². The molecule has 0 bridgehead atoms. The van der Waals surface area contributed by atoms with Crippen LogP contribution in [0.4, 0.5) is 18.9 Å². The predicted molar refractivity (Wildman–Crippen MR) is 134 cm³/mol. The minimum absolute atomic E-state index is 0.0598. The number of nitro benzene ring substituents is 1. The second kappa shape index (κ2) is 9.70. The summed E-state index contributed by atoms with van der Waals surface area (Å²) < 4.78 is 40.6. The quantitative estimate of drug-likeness (QED) is 0.284. The van der Waals surface area contributed by atoms with E-state index in [0.29, 0.717) is 18.7 Å². The summed E-state index contributed by atoms with van der Waals surface area (Å²) in [5.41, 5.74) is -0.365. The lowest BCUT2D eigenvalue weighted by Crippen LogP contribution is -2.28. The van der Waals surface area contributed by atoms with Gasteiger partial charge >= 0.3 is 6.18 Å². The fourth-order valence-electron chi connectivity index (χ4n) is 4.81. The zero-order valence-electron chi connectivity index (χ0n) is 21.4. The number of ketones is 1. The first-order valence-electron chi connectivity index (χ1n) is 12.1. The molecular formula is C27H27F3N4O4. The van der Waals surface area contributed by atoms with Crippen molar-refractivity contribution in [2.24, 2.45) is 5.41 Å². The number of aromatic nitrogens is 2. The first kappa shape index (κ1) is 27.0. The molecule has 1 aromatic heterocycles. The maximum atomic E-state index is 13.2. The fraction of sp³-hybridized carbons (Fsp3) is 0.370. The van der Waals surface area contributed by atoms with Crippen LogP contribution in [0.3, 0.4) is 0 Å². The summed E-state index contributed by atoms with van der Waals surface area (Å²) in [6.45, 7) is 6.17. The fourth-order valence-corrected chi connectivity index (χ4v) is 4.81. The molecule has 0 unspecified atom stereocenters. The highest BCUT2D eigenvalue weighted by atomic mass is 19.4. The normalized spacial score (nSPS) is 14.8. The zero-order valence-corrected chi connectivity index (χ0v) is 21.4. The molecule has 38 heavy (non-hydrogen) atoms. The van der Waals surface area contributed by atoms with Gasteiger partial charge in [-0.3, -0.25) is 19.7 Å². The van der Waals surface area contributed by atoms with E-state index in [1.54, 1.807) is 7.05 Å². The minimum Gasteiger partial charge on any atom is -0.342 e. The van der Waals surface area contributed by atoms with Gasteiger partial charge in [-0.05, 0) is 42.5 Å². The molecule has 0 radical (unpaired) electrons. The second-order valence-electron chi connectivity index (χ2n) is 10.3. The summed E-state index contributed by atoms with van der Waals surface area (Å²) in [5, 5.41) is 16.6. The van der Waals surface area contributed by atoms with E-state index in [-0.39, 0.29) is 51.9 Å². The molecule has 1 aliphatic carbocycles. The van der Waals surface area contributed by atoms with Crippen LogP contribution < -0.4 is 0 Å². The van der Waals surface area contributed by atoms with Crippen molar-refractivity contribution in [1.82, 2.24) is 14.7 Å². The van der Waals surface area contributed by atoms with E-state index in [2.05, 4.69) is 5.10 Å². The van der Waals surface area contributed by atoms with Crippen LogP contribution in [0.5, 0.6) is 0 Å². The molecular weight excluding hydrogens is 501 g/mol. The maximum Gasteiger partial charge on any atom is 0.416 e. The molecule has 2 aromatic carbocycles. The number of amides is 1. The van der Waals surface area contributed by atoms with Crippen molar-refractivity contribution >= 4 is 17.4 Å². The minimum atomic E-state index is -4.53. The van der Waals surface area contributed by atoms with Gasteiger partial charge in [0.15, 0.2) is 5.78 Å². The SMILES string of the molecule is CCCN(C)C(=O)c1ccc(-n2nc(-c3ccc(C(F)(F)F)cc3)c3c2CC(C)(C)CC3=O)c([N+](=O)[O-])c1. The molecule has 1 amide bonds. The number of alkyl halides is 3. The van der Waals surface area contributed by atoms with Crippen LogP contribution in [0.25, 0.3) is 16.9 Å². The Hall–Kier alpha value is -4.02. The molecule has 0 atom stereocenters. The van der Waals surface area contributed by atoms with Crippen LogP contribution in [0.1, 0.15) is 65.6 Å². The van der Waals surface area contributed by atoms with Crippen LogP contribution in [-0.2, 0) is 12.6 Å². The third kappa shape index (κ3) is 5.05. The largest absolute Gasteiger partial charge is 0.416 e. The van der Waals surface area contributed by atoms with Crippen molar-refractivity contribution in [3.63, 3.8) is 0 Å². The summed E-state index contributed by atoms with van der Waals surface area (Å²) in [4.78, 5) is 39.0. The average molecular weight is 529 g/mol. The lowest BCUT2D eigenvalue weighted by molar-refractivity contribution is -0.384. The number of halogens is 3. The zero-order chi connectivity index (χ0) is 28.0. The summed E-state index contributed by atoms with van der Waals surface area (Å²) in [6.07, 6.45) is -3.25. The Morgan fingerprint density at radius 1 is 1.16 bits per heavy atom. The van der Waals surface area contributed by atoms with Gasteiger partial charge in [-0.2, -0.15) is 18.3 Å². The highest BCUT2D eigenvalue weighted by molar-refractivity contribution is 6.04. The molecule has 3 aromatic rings. The van der Waals surface area contributed by atoms with Gasteiger partial charge in [0, 0.05) is 37.2 Å². The van der Waals surface area contributed by atoms with Crippen molar-refractivity contribution < 1.29 is 27.7 Å².